The van der Waals surface area contributed by atoms with E-state index in [9.17, 15) is 0 Å². The zero-order chi connectivity index (χ0) is 15.1. The van der Waals surface area contributed by atoms with Crippen molar-refractivity contribution in [2.75, 3.05) is 6.54 Å². The summed E-state index contributed by atoms with van der Waals surface area (Å²) in [5, 5.41) is 4.23. The van der Waals surface area contributed by atoms with Gasteiger partial charge >= 0.3 is 0 Å². The molecule has 2 nitrogen and oxygen atoms in total. The summed E-state index contributed by atoms with van der Waals surface area (Å²) in [5.74, 6) is 0.878. The standard InChI is InChI=1S/C18H22ClNO/c1-3-18(20-4-2)14-9-7-10-16(12-14)21-13-15-8-5-6-11-17(15)19/h5-12,18,20H,3-4,13H2,1-2H3. The van der Waals surface area contributed by atoms with E-state index in [1.54, 1.807) is 0 Å². The Morgan fingerprint density at radius 2 is 1.90 bits per heavy atom. The maximum atomic E-state index is 6.15. The molecule has 2 aromatic carbocycles. The lowest BCUT2D eigenvalue weighted by atomic mass is 10.0. The summed E-state index contributed by atoms with van der Waals surface area (Å²) < 4.78 is 5.87. The van der Waals surface area contributed by atoms with Crippen molar-refractivity contribution >= 4 is 11.6 Å². The molecule has 0 saturated heterocycles. The van der Waals surface area contributed by atoms with Gasteiger partial charge in [-0.15, -0.1) is 0 Å². The smallest absolute Gasteiger partial charge is 0.120 e. The Kier molecular flexibility index (Phi) is 6.09. The normalized spacial score (nSPS) is 12.1. The van der Waals surface area contributed by atoms with Crippen molar-refractivity contribution in [3.8, 4) is 5.75 Å². The van der Waals surface area contributed by atoms with E-state index in [2.05, 4.69) is 31.3 Å². The molecule has 0 radical (unpaired) electrons. The molecule has 2 rings (SSSR count). The van der Waals surface area contributed by atoms with Gasteiger partial charge in [0, 0.05) is 16.6 Å². The van der Waals surface area contributed by atoms with E-state index >= 15 is 0 Å². The number of ether oxygens (including phenoxy) is 1. The average molecular weight is 304 g/mol. The second-order valence-electron chi connectivity index (χ2n) is 4.97. The summed E-state index contributed by atoms with van der Waals surface area (Å²) in [6.07, 6.45) is 1.06. The summed E-state index contributed by atoms with van der Waals surface area (Å²) >= 11 is 6.15. The first kappa shape index (κ1) is 15.9. The average Bonchev–Trinajstić information content (AvgIpc) is 2.52. The number of hydrogen-bond acceptors (Lipinski definition) is 2. The maximum absolute atomic E-state index is 6.15. The fourth-order valence-electron chi connectivity index (χ4n) is 2.34. The number of rotatable bonds is 7. The predicted octanol–water partition coefficient (Wildman–Crippen LogP) is 4.98. The molecule has 3 heteroatoms. The van der Waals surface area contributed by atoms with E-state index in [4.69, 9.17) is 16.3 Å². The molecule has 112 valence electrons. The number of benzene rings is 2. The Labute approximate surface area is 132 Å². The molecule has 0 aliphatic rings. The van der Waals surface area contributed by atoms with Crippen LogP contribution in [0.3, 0.4) is 0 Å². The number of hydrogen-bond donors (Lipinski definition) is 1. The third-order valence-electron chi connectivity index (χ3n) is 3.47. The highest BCUT2D eigenvalue weighted by Crippen LogP contribution is 2.23. The van der Waals surface area contributed by atoms with Crippen LogP contribution in [0.1, 0.15) is 37.4 Å². The van der Waals surface area contributed by atoms with E-state index in [0.717, 1.165) is 29.3 Å². The van der Waals surface area contributed by atoms with Gasteiger partial charge in [-0.2, -0.15) is 0 Å². The molecule has 0 bridgehead atoms. The fraction of sp³-hybridized carbons (Fsp3) is 0.333. The van der Waals surface area contributed by atoms with E-state index < -0.39 is 0 Å². The molecule has 1 atom stereocenters. The van der Waals surface area contributed by atoms with Crippen LogP contribution in [0, 0.1) is 0 Å². The lowest BCUT2D eigenvalue weighted by molar-refractivity contribution is 0.305. The molecule has 0 aliphatic heterocycles. The van der Waals surface area contributed by atoms with E-state index in [1.807, 2.05) is 36.4 Å². The Hall–Kier alpha value is -1.51. The minimum absolute atomic E-state index is 0.374. The lowest BCUT2D eigenvalue weighted by Gasteiger charge is -2.17. The minimum atomic E-state index is 0.374. The highest BCUT2D eigenvalue weighted by Gasteiger charge is 2.08. The predicted molar refractivity (Wildman–Crippen MR) is 88.9 cm³/mol. The van der Waals surface area contributed by atoms with Gasteiger partial charge < -0.3 is 10.1 Å². The van der Waals surface area contributed by atoms with Gasteiger partial charge in [0.05, 0.1) is 0 Å². The van der Waals surface area contributed by atoms with Crippen LogP contribution in [-0.2, 0) is 6.61 Å². The van der Waals surface area contributed by atoms with Crippen LogP contribution in [0.25, 0.3) is 0 Å². The van der Waals surface area contributed by atoms with Crippen molar-refractivity contribution in [3.63, 3.8) is 0 Å². The molecule has 1 unspecified atom stereocenters. The molecule has 1 N–H and O–H groups in total. The number of nitrogens with one attached hydrogen (secondary N) is 1. The van der Waals surface area contributed by atoms with Crippen molar-refractivity contribution in [1.29, 1.82) is 0 Å². The van der Waals surface area contributed by atoms with Gasteiger partial charge in [-0.05, 0) is 36.7 Å². The zero-order valence-corrected chi connectivity index (χ0v) is 13.4. The summed E-state index contributed by atoms with van der Waals surface area (Å²) in [6.45, 7) is 5.76. The Morgan fingerprint density at radius 1 is 1.10 bits per heavy atom. The molecule has 0 fully saturated rings. The molecule has 0 saturated carbocycles. The fourth-order valence-corrected chi connectivity index (χ4v) is 2.53. The highest BCUT2D eigenvalue weighted by atomic mass is 35.5. The summed E-state index contributed by atoms with van der Waals surface area (Å²) in [7, 11) is 0. The van der Waals surface area contributed by atoms with Crippen molar-refractivity contribution in [2.24, 2.45) is 0 Å². The minimum Gasteiger partial charge on any atom is -0.489 e. The highest BCUT2D eigenvalue weighted by molar-refractivity contribution is 6.31. The molecular weight excluding hydrogens is 282 g/mol. The van der Waals surface area contributed by atoms with Crippen LogP contribution in [0.4, 0.5) is 0 Å². The van der Waals surface area contributed by atoms with Crippen LogP contribution in [0.15, 0.2) is 48.5 Å². The molecular formula is C18H22ClNO. The number of halogens is 1. The third-order valence-corrected chi connectivity index (χ3v) is 3.84. The SMILES string of the molecule is CCNC(CC)c1cccc(OCc2ccccc2Cl)c1. The van der Waals surface area contributed by atoms with Gasteiger partial charge in [-0.3, -0.25) is 0 Å². The van der Waals surface area contributed by atoms with Crippen molar-refractivity contribution in [3.05, 3.63) is 64.7 Å². The molecule has 0 spiro atoms. The first-order valence-electron chi connectivity index (χ1n) is 7.44. The first-order valence-corrected chi connectivity index (χ1v) is 7.82. The molecule has 2 aromatic rings. The first-order chi connectivity index (χ1) is 10.2. The van der Waals surface area contributed by atoms with Gasteiger partial charge in [-0.25, -0.2) is 0 Å². The van der Waals surface area contributed by atoms with Gasteiger partial charge in [-0.1, -0.05) is 55.8 Å². The Balaban J connectivity index is 2.06. The van der Waals surface area contributed by atoms with Gasteiger partial charge in [0.15, 0.2) is 0 Å². The second kappa shape index (κ2) is 8.06. The quantitative estimate of drug-likeness (QED) is 0.779. The maximum Gasteiger partial charge on any atom is 0.120 e. The van der Waals surface area contributed by atoms with Gasteiger partial charge in [0.1, 0.15) is 12.4 Å². The third kappa shape index (κ3) is 4.48. The lowest BCUT2D eigenvalue weighted by Crippen LogP contribution is -2.19. The molecule has 0 heterocycles. The van der Waals surface area contributed by atoms with E-state index in [1.165, 1.54) is 5.56 Å². The Morgan fingerprint density at radius 3 is 2.62 bits per heavy atom. The Bertz CT molecular complexity index is 571. The molecule has 0 amide bonds. The van der Waals surface area contributed by atoms with Crippen LogP contribution in [-0.4, -0.2) is 6.54 Å². The zero-order valence-electron chi connectivity index (χ0n) is 12.6. The van der Waals surface area contributed by atoms with Crippen molar-refractivity contribution in [1.82, 2.24) is 5.32 Å². The summed E-state index contributed by atoms with van der Waals surface area (Å²) in [6, 6.07) is 16.4. The van der Waals surface area contributed by atoms with Gasteiger partial charge in [0.2, 0.25) is 0 Å². The molecule has 0 aliphatic carbocycles. The van der Waals surface area contributed by atoms with Crippen molar-refractivity contribution in [2.45, 2.75) is 32.9 Å². The largest absolute Gasteiger partial charge is 0.489 e. The topological polar surface area (TPSA) is 21.3 Å². The van der Waals surface area contributed by atoms with Crippen LogP contribution >= 0.6 is 11.6 Å². The van der Waals surface area contributed by atoms with E-state index in [-0.39, 0.29) is 0 Å². The van der Waals surface area contributed by atoms with Crippen LogP contribution in [0.5, 0.6) is 5.75 Å². The second-order valence-corrected chi connectivity index (χ2v) is 5.38. The molecule has 0 aromatic heterocycles. The van der Waals surface area contributed by atoms with Crippen LogP contribution in [0.2, 0.25) is 5.02 Å². The van der Waals surface area contributed by atoms with Crippen molar-refractivity contribution < 1.29 is 4.74 Å². The van der Waals surface area contributed by atoms with Gasteiger partial charge in [0.25, 0.3) is 0 Å². The summed E-state index contributed by atoms with van der Waals surface area (Å²) in [4.78, 5) is 0. The van der Waals surface area contributed by atoms with Crippen LogP contribution < -0.4 is 10.1 Å². The monoisotopic (exact) mass is 303 g/mol. The molecule has 21 heavy (non-hydrogen) atoms. The van der Waals surface area contributed by atoms with E-state index in [0.29, 0.717) is 12.6 Å². The summed E-state index contributed by atoms with van der Waals surface area (Å²) in [5.41, 5.74) is 2.26.